The van der Waals surface area contributed by atoms with Crippen molar-refractivity contribution in [2.45, 2.75) is 6.92 Å². The van der Waals surface area contributed by atoms with Crippen molar-refractivity contribution in [1.82, 2.24) is 4.98 Å². The van der Waals surface area contributed by atoms with Crippen LogP contribution >= 0.6 is 0 Å². The Balaban J connectivity index is 2.24. The number of benzene rings is 1. The number of hydrogen-bond donors (Lipinski definition) is 1. The van der Waals surface area contributed by atoms with Crippen molar-refractivity contribution in [3.05, 3.63) is 42.2 Å². The molecule has 0 aliphatic carbocycles. The van der Waals surface area contributed by atoms with Crippen molar-refractivity contribution < 1.29 is 9.47 Å². The maximum absolute atomic E-state index is 5.73. The summed E-state index contributed by atoms with van der Waals surface area (Å²) in [7, 11) is 1.58. The monoisotopic (exact) mass is 230 g/mol. The number of methoxy groups -OCH3 is 1. The van der Waals surface area contributed by atoms with E-state index in [1.165, 1.54) is 0 Å². The molecule has 0 fully saturated rings. The van der Waals surface area contributed by atoms with Crippen molar-refractivity contribution in [2.75, 3.05) is 12.8 Å². The van der Waals surface area contributed by atoms with E-state index in [0.29, 0.717) is 17.2 Å². The summed E-state index contributed by atoms with van der Waals surface area (Å²) < 4.78 is 10.8. The molecule has 0 unspecified atom stereocenters. The van der Waals surface area contributed by atoms with Gasteiger partial charge in [0.1, 0.15) is 17.2 Å². The summed E-state index contributed by atoms with van der Waals surface area (Å²) in [4.78, 5) is 4.10. The molecule has 0 saturated carbocycles. The second-order valence-corrected chi connectivity index (χ2v) is 3.64. The zero-order valence-corrected chi connectivity index (χ0v) is 9.81. The average molecular weight is 230 g/mol. The molecule has 0 spiro atoms. The van der Waals surface area contributed by atoms with Crippen LogP contribution in [0.2, 0.25) is 0 Å². The number of nitrogens with zero attached hydrogens (tertiary/aromatic N) is 1. The Bertz CT molecular complexity index is 527. The Morgan fingerprint density at radius 3 is 2.59 bits per heavy atom. The van der Waals surface area contributed by atoms with Crippen LogP contribution in [0.25, 0.3) is 0 Å². The first kappa shape index (κ1) is 11.3. The van der Waals surface area contributed by atoms with Crippen LogP contribution in [0.15, 0.2) is 36.5 Å². The maximum atomic E-state index is 5.73. The molecule has 0 aliphatic heterocycles. The van der Waals surface area contributed by atoms with Gasteiger partial charge in [0.15, 0.2) is 0 Å². The van der Waals surface area contributed by atoms with Gasteiger partial charge in [-0.15, -0.1) is 0 Å². The van der Waals surface area contributed by atoms with Gasteiger partial charge in [-0.3, -0.25) is 4.98 Å². The predicted molar refractivity (Wildman–Crippen MR) is 66.5 cm³/mol. The molecule has 0 atom stereocenters. The summed E-state index contributed by atoms with van der Waals surface area (Å²) in [5, 5.41) is 0. The molecule has 2 aromatic rings. The van der Waals surface area contributed by atoms with Gasteiger partial charge in [0.05, 0.1) is 12.8 Å². The minimum Gasteiger partial charge on any atom is -0.494 e. The van der Waals surface area contributed by atoms with Crippen LogP contribution in [0.1, 0.15) is 5.69 Å². The number of anilines is 1. The van der Waals surface area contributed by atoms with Crippen molar-refractivity contribution in [3.63, 3.8) is 0 Å². The molecule has 0 aliphatic rings. The normalized spacial score (nSPS) is 10.0. The SMILES string of the molecule is COc1cc(Oc2ccnc(C)c2)ccc1N. The Kier molecular flexibility index (Phi) is 3.14. The van der Waals surface area contributed by atoms with E-state index in [9.17, 15) is 0 Å². The summed E-state index contributed by atoms with van der Waals surface area (Å²) in [6.45, 7) is 1.91. The molecule has 88 valence electrons. The largest absolute Gasteiger partial charge is 0.494 e. The molecule has 2 rings (SSSR count). The second kappa shape index (κ2) is 4.74. The van der Waals surface area contributed by atoms with Crippen LogP contribution in [0, 0.1) is 6.92 Å². The lowest BCUT2D eigenvalue weighted by Gasteiger charge is -2.09. The summed E-state index contributed by atoms with van der Waals surface area (Å²) in [5.41, 5.74) is 7.22. The summed E-state index contributed by atoms with van der Waals surface area (Å²) in [6, 6.07) is 8.97. The number of ether oxygens (including phenoxy) is 2. The van der Waals surface area contributed by atoms with E-state index < -0.39 is 0 Å². The number of nitrogen functional groups attached to an aromatic ring is 1. The van der Waals surface area contributed by atoms with Crippen molar-refractivity contribution in [3.8, 4) is 17.2 Å². The molecular weight excluding hydrogens is 216 g/mol. The van der Waals surface area contributed by atoms with E-state index in [2.05, 4.69) is 4.98 Å². The lowest BCUT2D eigenvalue weighted by Crippen LogP contribution is -1.93. The van der Waals surface area contributed by atoms with Crippen LogP contribution < -0.4 is 15.2 Å². The van der Waals surface area contributed by atoms with Gasteiger partial charge < -0.3 is 15.2 Å². The van der Waals surface area contributed by atoms with Crippen molar-refractivity contribution in [1.29, 1.82) is 0 Å². The Morgan fingerprint density at radius 2 is 1.88 bits per heavy atom. The summed E-state index contributed by atoms with van der Waals surface area (Å²) in [5.74, 6) is 2.03. The van der Waals surface area contributed by atoms with Gasteiger partial charge in [0.25, 0.3) is 0 Å². The quantitative estimate of drug-likeness (QED) is 0.824. The van der Waals surface area contributed by atoms with Crippen LogP contribution in [0.4, 0.5) is 5.69 Å². The first-order valence-corrected chi connectivity index (χ1v) is 5.23. The maximum Gasteiger partial charge on any atom is 0.145 e. The van der Waals surface area contributed by atoms with Crippen LogP contribution in [-0.4, -0.2) is 12.1 Å². The molecule has 0 amide bonds. The zero-order chi connectivity index (χ0) is 12.3. The first-order chi connectivity index (χ1) is 8.19. The van der Waals surface area contributed by atoms with Gasteiger partial charge in [-0.1, -0.05) is 0 Å². The zero-order valence-electron chi connectivity index (χ0n) is 9.81. The van der Waals surface area contributed by atoms with E-state index >= 15 is 0 Å². The Morgan fingerprint density at radius 1 is 1.12 bits per heavy atom. The second-order valence-electron chi connectivity index (χ2n) is 3.64. The third-order valence-corrected chi connectivity index (χ3v) is 2.31. The molecule has 2 N–H and O–H groups in total. The van der Waals surface area contributed by atoms with E-state index in [-0.39, 0.29) is 0 Å². The average Bonchev–Trinajstić information content (AvgIpc) is 2.32. The molecule has 4 nitrogen and oxygen atoms in total. The highest BCUT2D eigenvalue weighted by Gasteiger charge is 2.03. The molecule has 17 heavy (non-hydrogen) atoms. The lowest BCUT2D eigenvalue weighted by atomic mass is 10.3. The number of pyridine rings is 1. The van der Waals surface area contributed by atoms with Crippen LogP contribution in [0.5, 0.6) is 17.2 Å². The number of hydrogen-bond acceptors (Lipinski definition) is 4. The van der Waals surface area contributed by atoms with E-state index in [1.54, 1.807) is 37.6 Å². The van der Waals surface area contributed by atoms with Crippen molar-refractivity contribution >= 4 is 5.69 Å². The smallest absolute Gasteiger partial charge is 0.145 e. The van der Waals surface area contributed by atoms with E-state index in [0.717, 1.165) is 11.4 Å². The molecule has 1 aromatic heterocycles. The van der Waals surface area contributed by atoms with E-state index in [1.807, 2.05) is 13.0 Å². The molecule has 0 saturated heterocycles. The van der Waals surface area contributed by atoms with Crippen LogP contribution in [-0.2, 0) is 0 Å². The highest BCUT2D eigenvalue weighted by Crippen LogP contribution is 2.29. The lowest BCUT2D eigenvalue weighted by molar-refractivity contribution is 0.411. The molecule has 1 aromatic carbocycles. The molecule has 0 radical (unpaired) electrons. The van der Waals surface area contributed by atoms with Gasteiger partial charge >= 0.3 is 0 Å². The third kappa shape index (κ3) is 2.66. The topological polar surface area (TPSA) is 57.4 Å². The number of rotatable bonds is 3. The molecule has 4 heteroatoms. The van der Waals surface area contributed by atoms with Gasteiger partial charge in [0.2, 0.25) is 0 Å². The predicted octanol–water partition coefficient (Wildman–Crippen LogP) is 2.77. The summed E-state index contributed by atoms with van der Waals surface area (Å²) >= 11 is 0. The highest BCUT2D eigenvalue weighted by atomic mass is 16.5. The van der Waals surface area contributed by atoms with E-state index in [4.69, 9.17) is 15.2 Å². The highest BCUT2D eigenvalue weighted by molar-refractivity contribution is 5.56. The molecule has 0 bridgehead atoms. The van der Waals surface area contributed by atoms with Gasteiger partial charge in [0, 0.05) is 24.0 Å². The fraction of sp³-hybridized carbons (Fsp3) is 0.154. The number of aryl methyl sites for hydroxylation is 1. The van der Waals surface area contributed by atoms with Crippen LogP contribution in [0.3, 0.4) is 0 Å². The molecular formula is C13H14N2O2. The first-order valence-electron chi connectivity index (χ1n) is 5.23. The van der Waals surface area contributed by atoms with Gasteiger partial charge in [-0.05, 0) is 25.1 Å². The van der Waals surface area contributed by atoms with Crippen molar-refractivity contribution in [2.24, 2.45) is 0 Å². The molecule has 1 heterocycles. The van der Waals surface area contributed by atoms with Gasteiger partial charge in [-0.25, -0.2) is 0 Å². The Labute approximate surface area is 100 Å². The third-order valence-electron chi connectivity index (χ3n) is 2.31. The minimum atomic E-state index is 0.589. The Hall–Kier alpha value is -2.23. The fourth-order valence-corrected chi connectivity index (χ4v) is 1.47. The minimum absolute atomic E-state index is 0.589. The number of nitrogens with two attached hydrogens (primary N) is 1. The standard InChI is InChI=1S/C13H14N2O2/c1-9-7-11(5-6-15-9)17-10-3-4-12(14)13(8-10)16-2/h3-8H,14H2,1-2H3. The summed E-state index contributed by atoms with van der Waals surface area (Å²) in [6.07, 6.45) is 1.71. The number of aromatic nitrogens is 1. The fourth-order valence-electron chi connectivity index (χ4n) is 1.47. The van der Waals surface area contributed by atoms with Gasteiger partial charge in [-0.2, -0.15) is 0 Å².